The lowest BCUT2D eigenvalue weighted by Gasteiger charge is -2.06. The van der Waals surface area contributed by atoms with Crippen molar-refractivity contribution in [2.45, 2.75) is 33.0 Å². The molecular formula is C54H48BrF3O8. The van der Waals surface area contributed by atoms with Gasteiger partial charge in [-0.2, -0.15) is 0 Å². The number of esters is 2. The van der Waals surface area contributed by atoms with Crippen molar-refractivity contribution in [3.05, 3.63) is 202 Å². The van der Waals surface area contributed by atoms with Crippen molar-refractivity contribution in [2.75, 3.05) is 26.4 Å². The van der Waals surface area contributed by atoms with Gasteiger partial charge in [0.15, 0.2) is 0 Å². The first-order valence-corrected chi connectivity index (χ1v) is 21.5. The SMILES string of the molecule is C/C(=C\c1ccc(-c2ccccc2)c(F)c1)C(=O)O.C/C(=C\c1ccc(-c2ccccc2)c(F)c1)C(=O)OCC1CO1.C=C(C)C(=O)OCC1CO1.Fc1cc(Br)ccc1-c1ccccc1. The maximum atomic E-state index is 14.3. The molecule has 0 spiro atoms. The second kappa shape index (κ2) is 25.0. The Kier molecular flexibility index (Phi) is 19.0. The molecule has 2 fully saturated rings. The fourth-order valence-electron chi connectivity index (χ4n) is 5.81. The first kappa shape index (κ1) is 50.1. The molecule has 0 aliphatic carbocycles. The molecule has 6 aromatic rings. The summed E-state index contributed by atoms with van der Waals surface area (Å²) in [7, 11) is 0. The standard InChI is InChI=1S/C19H17FO3.C16H13FO2.C12H8BrF.C7H10O3/c1-13(19(21)23-12-16-11-22-16)9-14-7-8-17(18(20)10-14)15-5-3-2-4-6-15;1-11(16(18)19)9-12-7-8-14(15(17)10-12)13-5-3-2-4-6-13;13-10-6-7-11(12(14)8-10)9-4-2-1-3-5-9;1-5(2)7(8)10-4-6-3-9-6/h2-10,16H,11-12H2,1H3;2-10H,1H3,(H,18,19);1-8H;6H,1,3-4H2,2H3/b13-9+;11-9+;;. The lowest BCUT2D eigenvalue weighted by Crippen LogP contribution is -2.10. The number of hydrogen-bond donors (Lipinski definition) is 1. The van der Waals surface area contributed by atoms with Crippen LogP contribution in [-0.2, 0) is 33.3 Å². The number of carboxylic acids is 1. The topological polar surface area (TPSA) is 115 Å². The number of benzene rings is 6. The van der Waals surface area contributed by atoms with Crippen LogP contribution in [0, 0.1) is 17.5 Å². The predicted molar refractivity (Wildman–Crippen MR) is 254 cm³/mol. The van der Waals surface area contributed by atoms with Crippen LogP contribution in [0.2, 0.25) is 0 Å². The van der Waals surface area contributed by atoms with Crippen LogP contribution in [0.15, 0.2) is 173 Å². The summed E-state index contributed by atoms with van der Waals surface area (Å²) in [4.78, 5) is 33.2. The summed E-state index contributed by atoms with van der Waals surface area (Å²) in [6, 6.07) is 42.8. The van der Waals surface area contributed by atoms with E-state index in [0.717, 1.165) is 21.2 Å². The van der Waals surface area contributed by atoms with Gasteiger partial charge in [0, 0.05) is 37.9 Å². The molecule has 2 unspecified atom stereocenters. The molecule has 2 atom stereocenters. The third-order valence-electron chi connectivity index (χ3n) is 9.55. The average molecular weight is 962 g/mol. The number of ether oxygens (including phenoxy) is 4. The molecule has 2 aliphatic heterocycles. The molecule has 0 radical (unpaired) electrons. The lowest BCUT2D eigenvalue weighted by molar-refractivity contribution is -0.140. The molecule has 2 heterocycles. The Balaban J connectivity index is 0.000000172. The van der Waals surface area contributed by atoms with Gasteiger partial charge >= 0.3 is 17.9 Å². The smallest absolute Gasteiger partial charge is 0.333 e. The van der Waals surface area contributed by atoms with E-state index >= 15 is 0 Å². The van der Waals surface area contributed by atoms with Crippen molar-refractivity contribution in [2.24, 2.45) is 0 Å². The second-order valence-electron chi connectivity index (χ2n) is 15.0. The number of epoxide rings is 2. The molecule has 12 heteroatoms. The third-order valence-corrected chi connectivity index (χ3v) is 10.0. The van der Waals surface area contributed by atoms with E-state index in [1.54, 1.807) is 50.3 Å². The normalized spacial score (nSPS) is 14.7. The second-order valence-corrected chi connectivity index (χ2v) is 16.0. The molecule has 8 nitrogen and oxygen atoms in total. The van der Waals surface area contributed by atoms with Crippen molar-refractivity contribution >= 4 is 46.0 Å². The number of carbonyl (C=O) groups excluding carboxylic acids is 2. The summed E-state index contributed by atoms with van der Waals surface area (Å²) < 4.78 is 62.2. The van der Waals surface area contributed by atoms with E-state index in [0.29, 0.717) is 58.8 Å². The third kappa shape index (κ3) is 16.6. The van der Waals surface area contributed by atoms with Crippen LogP contribution in [0.5, 0.6) is 0 Å². The molecule has 340 valence electrons. The lowest BCUT2D eigenvalue weighted by atomic mass is 10.0. The van der Waals surface area contributed by atoms with Crippen LogP contribution >= 0.6 is 15.9 Å². The van der Waals surface area contributed by atoms with E-state index in [9.17, 15) is 27.6 Å². The highest BCUT2D eigenvalue weighted by Crippen LogP contribution is 2.27. The zero-order valence-electron chi connectivity index (χ0n) is 36.5. The maximum Gasteiger partial charge on any atom is 0.333 e. The van der Waals surface area contributed by atoms with Gasteiger partial charge in [0.1, 0.15) is 42.9 Å². The fourth-order valence-corrected chi connectivity index (χ4v) is 6.14. The first-order valence-electron chi connectivity index (χ1n) is 20.7. The molecule has 1 N–H and O–H groups in total. The monoisotopic (exact) mass is 960 g/mol. The molecule has 8 rings (SSSR count). The van der Waals surface area contributed by atoms with E-state index in [1.807, 2.05) is 97.1 Å². The summed E-state index contributed by atoms with van der Waals surface area (Å²) in [5, 5.41) is 8.78. The maximum absolute atomic E-state index is 14.3. The molecule has 2 aliphatic rings. The van der Waals surface area contributed by atoms with Gasteiger partial charge in [-0.15, -0.1) is 0 Å². The van der Waals surface area contributed by atoms with Gasteiger partial charge in [-0.1, -0.05) is 144 Å². The number of carboxylic acid groups (broad SMARTS) is 1. The van der Waals surface area contributed by atoms with Crippen LogP contribution in [0.3, 0.4) is 0 Å². The predicted octanol–water partition coefficient (Wildman–Crippen LogP) is 12.6. The van der Waals surface area contributed by atoms with Crippen LogP contribution < -0.4 is 0 Å². The Morgan fingerprint density at radius 3 is 1.30 bits per heavy atom. The summed E-state index contributed by atoms with van der Waals surface area (Å²) in [5.41, 5.74) is 6.39. The number of halogens is 4. The van der Waals surface area contributed by atoms with Crippen LogP contribution in [0.1, 0.15) is 31.9 Å². The number of carbonyl (C=O) groups is 3. The first-order chi connectivity index (χ1) is 31.7. The largest absolute Gasteiger partial charge is 0.478 e. The quantitative estimate of drug-likeness (QED) is 0.0733. The minimum absolute atomic E-state index is 0.0364. The fraction of sp³-hybridized carbons (Fsp3) is 0.167. The van der Waals surface area contributed by atoms with Gasteiger partial charge in [0.2, 0.25) is 0 Å². The molecule has 0 bridgehead atoms. The van der Waals surface area contributed by atoms with Crippen LogP contribution in [0.25, 0.3) is 45.5 Å². The van der Waals surface area contributed by atoms with Crippen LogP contribution in [-0.4, -0.2) is 61.6 Å². The molecule has 0 amide bonds. The van der Waals surface area contributed by atoms with Crippen molar-refractivity contribution in [1.29, 1.82) is 0 Å². The highest BCUT2D eigenvalue weighted by Gasteiger charge is 2.25. The van der Waals surface area contributed by atoms with Gasteiger partial charge in [0.05, 0.1) is 13.2 Å². The molecule has 0 aromatic heterocycles. The summed E-state index contributed by atoms with van der Waals surface area (Å²) in [6.45, 7) is 10.2. The highest BCUT2D eigenvalue weighted by molar-refractivity contribution is 9.10. The Morgan fingerprint density at radius 2 is 0.955 bits per heavy atom. The summed E-state index contributed by atoms with van der Waals surface area (Å²) >= 11 is 3.23. The van der Waals surface area contributed by atoms with Crippen molar-refractivity contribution in [3.63, 3.8) is 0 Å². The summed E-state index contributed by atoms with van der Waals surface area (Å²) in [6.07, 6.45) is 3.24. The van der Waals surface area contributed by atoms with Gasteiger partial charge < -0.3 is 24.1 Å². The molecule has 0 saturated carbocycles. The van der Waals surface area contributed by atoms with E-state index in [4.69, 9.17) is 24.1 Å². The average Bonchev–Trinajstić information content (AvgIpc) is 4.26. The number of rotatable bonds is 12. The molecule has 6 aromatic carbocycles. The molecular weight excluding hydrogens is 913 g/mol. The van der Waals surface area contributed by atoms with E-state index in [2.05, 4.69) is 22.5 Å². The van der Waals surface area contributed by atoms with Crippen molar-refractivity contribution < 1.29 is 51.6 Å². The minimum Gasteiger partial charge on any atom is -0.478 e. The van der Waals surface area contributed by atoms with Gasteiger partial charge in [-0.25, -0.2) is 27.6 Å². The van der Waals surface area contributed by atoms with Crippen molar-refractivity contribution in [3.8, 4) is 33.4 Å². The van der Waals surface area contributed by atoms with E-state index in [1.165, 1.54) is 31.2 Å². The molecule has 2 saturated heterocycles. The highest BCUT2D eigenvalue weighted by atomic mass is 79.9. The minimum atomic E-state index is -1.01. The molecule has 66 heavy (non-hydrogen) atoms. The Hall–Kier alpha value is -6.86. The van der Waals surface area contributed by atoms with Gasteiger partial charge in [-0.05, 0) is 85.0 Å². The zero-order chi connectivity index (χ0) is 47.6. The van der Waals surface area contributed by atoms with Crippen LogP contribution in [0.4, 0.5) is 13.2 Å². The Morgan fingerprint density at radius 1 is 0.591 bits per heavy atom. The Bertz CT molecular complexity index is 2660. The van der Waals surface area contributed by atoms with Gasteiger partial charge in [0.25, 0.3) is 0 Å². The van der Waals surface area contributed by atoms with Crippen molar-refractivity contribution in [1.82, 2.24) is 0 Å². The van der Waals surface area contributed by atoms with Gasteiger partial charge in [-0.3, -0.25) is 0 Å². The van der Waals surface area contributed by atoms with E-state index in [-0.39, 0.29) is 47.8 Å². The zero-order valence-corrected chi connectivity index (χ0v) is 38.1. The number of aliphatic carboxylic acids is 1. The van der Waals surface area contributed by atoms with E-state index < -0.39 is 11.9 Å². The summed E-state index contributed by atoms with van der Waals surface area (Å²) in [5.74, 6) is -2.64. The number of hydrogen-bond acceptors (Lipinski definition) is 7. The Labute approximate surface area is 390 Å².